The minimum atomic E-state index is -0.485. The highest BCUT2D eigenvalue weighted by Crippen LogP contribution is 2.29. The first kappa shape index (κ1) is 16.2. The molecule has 24 heavy (non-hydrogen) atoms. The first-order valence-corrected chi connectivity index (χ1v) is 7.78. The number of aromatic nitrogens is 1. The highest BCUT2D eigenvalue weighted by Gasteiger charge is 2.29. The molecule has 0 amide bonds. The SMILES string of the molecule is COc1ccc(CN(Cn2cc([N+](=O)[O-])ccc2=O)C2CC2)cc1. The summed E-state index contributed by atoms with van der Waals surface area (Å²) >= 11 is 0. The highest BCUT2D eigenvalue weighted by atomic mass is 16.6. The van der Waals surface area contributed by atoms with Crippen molar-refractivity contribution in [2.24, 2.45) is 0 Å². The van der Waals surface area contributed by atoms with Gasteiger partial charge in [-0.05, 0) is 30.5 Å². The molecule has 1 saturated carbocycles. The van der Waals surface area contributed by atoms with Gasteiger partial charge in [-0.25, -0.2) is 0 Å². The first-order valence-electron chi connectivity index (χ1n) is 7.78. The van der Waals surface area contributed by atoms with Crippen LogP contribution in [-0.4, -0.2) is 27.5 Å². The fourth-order valence-electron chi connectivity index (χ4n) is 2.63. The second-order valence-electron chi connectivity index (χ2n) is 5.92. The number of rotatable bonds is 7. The molecule has 1 aliphatic rings. The maximum Gasteiger partial charge on any atom is 0.285 e. The topological polar surface area (TPSA) is 77.6 Å². The van der Waals surface area contributed by atoms with Gasteiger partial charge in [0.15, 0.2) is 0 Å². The molecule has 0 unspecified atom stereocenters. The summed E-state index contributed by atoms with van der Waals surface area (Å²) in [4.78, 5) is 24.6. The van der Waals surface area contributed by atoms with E-state index in [1.807, 2.05) is 24.3 Å². The molecule has 0 spiro atoms. The minimum absolute atomic E-state index is 0.0743. The van der Waals surface area contributed by atoms with Gasteiger partial charge in [-0.15, -0.1) is 0 Å². The van der Waals surface area contributed by atoms with Gasteiger partial charge in [0, 0.05) is 24.7 Å². The van der Waals surface area contributed by atoms with Crippen LogP contribution >= 0.6 is 0 Å². The third kappa shape index (κ3) is 3.80. The van der Waals surface area contributed by atoms with Gasteiger partial charge in [-0.1, -0.05) is 12.1 Å². The Balaban J connectivity index is 1.78. The molecule has 1 aliphatic carbocycles. The van der Waals surface area contributed by atoms with Crippen LogP contribution in [-0.2, 0) is 13.2 Å². The summed E-state index contributed by atoms with van der Waals surface area (Å²) in [5, 5.41) is 10.9. The second-order valence-corrected chi connectivity index (χ2v) is 5.92. The molecule has 0 N–H and O–H groups in total. The Hall–Kier alpha value is -2.67. The lowest BCUT2D eigenvalue weighted by molar-refractivity contribution is -0.385. The molecule has 2 aromatic rings. The number of nitrogens with zero attached hydrogens (tertiary/aromatic N) is 3. The fraction of sp³-hybridized carbons (Fsp3) is 0.353. The van der Waals surface area contributed by atoms with Crippen LogP contribution in [0.25, 0.3) is 0 Å². The van der Waals surface area contributed by atoms with E-state index in [2.05, 4.69) is 4.90 Å². The van der Waals surface area contributed by atoms with Gasteiger partial charge in [0.05, 0.1) is 24.9 Å². The number of nitro groups is 1. The van der Waals surface area contributed by atoms with Crippen molar-refractivity contribution < 1.29 is 9.66 Å². The summed E-state index contributed by atoms with van der Waals surface area (Å²) in [6.07, 6.45) is 3.48. The number of methoxy groups -OCH3 is 1. The van der Waals surface area contributed by atoms with Crippen LogP contribution in [0, 0.1) is 10.1 Å². The van der Waals surface area contributed by atoms with E-state index in [1.54, 1.807) is 7.11 Å². The van der Waals surface area contributed by atoms with Crippen molar-refractivity contribution >= 4 is 5.69 Å². The monoisotopic (exact) mass is 329 g/mol. The lowest BCUT2D eigenvalue weighted by atomic mass is 10.2. The summed E-state index contributed by atoms with van der Waals surface area (Å²) in [5.41, 5.74) is 0.803. The van der Waals surface area contributed by atoms with E-state index < -0.39 is 4.92 Å². The van der Waals surface area contributed by atoms with Crippen LogP contribution in [0.3, 0.4) is 0 Å². The summed E-state index contributed by atoms with van der Waals surface area (Å²) in [6, 6.07) is 10.7. The lowest BCUT2D eigenvalue weighted by Crippen LogP contribution is -2.33. The minimum Gasteiger partial charge on any atom is -0.497 e. The Labute approximate surface area is 139 Å². The van der Waals surface area contributed by atoms with Gasteiger partial charge >= 0.3 is 0 Å². The Morgan fingerprint density at radius 1 is 1.25 bits per heavy atom. The van der Waals surface area contributed by atoms with E-state index >= 15 is 0 Å². The molecule has 126 valence electrons. The third-order valence-corrected chi connectivity index (χ3v) is 4.12. The third-order valence-electron chi connectivity index (χ3n) is 4.12. The van der Waals surface area contributed by atoms with Crippen molar-refractivity contribution in [3.8, 4) is 5.75 Å². The zero-order valence-corrected chi connectivity index (χ0v) is 13.4. The van der Waals surface area contributed by atoms with Crippen LogP contribution < -0.4 is 10.3 Å². The molecule has 0 radical (unpaired) electrons. The predicted molar refractivity (Wildman–Crippen MR) is 88.9 cm³/mol. The van der Waals surface area contributed by atoms with Crippen LogP contribution in [0.1, 0.15) is 18.4 Å². The molecular formula is C17H19N3O4. The Morgan fingerprint density at radius 2 is 1.96 bits per heavy atom. The molecule has 1 fully saturated rings. The van der Waals surface area contributed by atoms with Crippen molar-refractivity contribution in [3.63, 3.8) is 0 Å². The Kier molecular flexibility index (Phi) is 4.61. The first-order chi connectivity index (χ1) is 11.6. The van der Waals surface area contributed by atoms with Gasteiger partial charge in [0.2, 0.25) is 0 Å². The van der Waals surface area contributed by atoms with Crippen molar-refractivity contribution in [1.82, 2.24) is 9.47 Å². The molecule has 0 saturated heterocycles. The standard InChI is InChI=1S/C17H19N3O4/c1-24-16-7-2-13(3-8-16)10-18(14-4-5-14)12-19-11-15(20(22)23)6-9-17(19)21/h2-3,6-9,11,14H,4-5,10,12H2,1H3. The normalized spacial score (nSPS) is 13.9. The summed E-state index contributed by atoms with van der Waals surface area (Å²) < 4.78 is 6.56. The summed E-state index contributed by atoms with van der Waals surface area (Å²) in [5.74, 6) is 0.798. The number of ether oxygens (including phenoxy) is 1. The molecule has 0 aliphatic heterocycles. The largest absolute Gasteiger partial charge is 0.497 e. The van der Waals surface area contributed by atoms with E-state index in [4.69, 9.17) is 4.74 Å². The quantitative estimate of drug-likeness (QED) is 0.576. The van der Waals surface area contributed by atoms with Gasteiger partial charge in [0.25, 0.3) is 11.2 Å². The predicted octanol–water partition coefficient (Wildman–Crippen LogP) is 2.39. The number of pyridine rings is 1. The summed E-state index contributed by atoms with van der Waals surface area (Å²) in [7, 11) is 1.63. The van der Waals surface area contributed by atoms with Crippen LogP contribution in [0.4, 0.5) is 5.69 Å². The van der Waals surface area contributed by atoms with Crippen LogP contribution in [0.15, 0.2) is 47.4 Å². The number of hydrogen-bond donors (Lipinski definition) is 0. The van der Waals surface area contributed by atoms with E-state index in [0.29, 0.717) is 19.3 Å². The zero-order valence-electron chi connectivity index (χ0n) is 13.4. The smallest absolute Gasteiger partial charge is 0.285 e. The lowest BCUT2D eigenvalue weighted by Gasteiger charge is -2.23. The molecule has 0 bridgehead atoms. The average Bonchev–Trinajstić information content (AvgIpc) is 3.41. The van der Waals surface area contributed by atoms with Crippen molar-refractivity contribution in [1.29, 1.82) is 0 Å². The van der Waals surface area contributed by atoms with Crippen molar-refractivity contribution in [3.05, 3.63) is 68.6 Å². The van der Waals surface area contributed by atoms with E-state index in [9.17, 15) is 14.9 Å². The van der Waals surface area contributed by atoms with Crippen LogP contribution in [0.2, 0.25) is 0 Å². The van der Waals surface area contributed by atoms with E-state index in [1.165, 1.54) is 22.9 Å². The number of benzene rings is 1. The zero-order chi connectivity index (χ0) is 17.1. The van der Waals surface area contributed by atoms with Gasteiger partial charge in [0.1, 0.15) is 5.75 Å². The van der Waals surface area contributed by atoms with E-state index in [-0.39, 0.29) is 11.2 Å². The highest BCUT2D eigenvalue weighted by molar-refractivity contribution is 5.27. The molecule has 3 rings (SSSR count). The molecule has 1 aromatic carbocycles. The maximum absolute atomic E-state index is 12.0. The van der Waals surface area contributed by atoms with E-state index in [0.717, 1.165) is 24.2 Å². The molecular weight excluding hydrogens is 310 g/mol. The fourth-order valence-corrected chi connectivity index (χ4v) is 2.63. The second kappa shape index (κ2) is 6.84. The molecule has 1 heterocycles. The number of hydrogen-bond acceptors (Lipinski definition) is 5. The van der Waals surface area contributed by atoms with Crippen LogP contribution in [0.5, 0.6) is 5.75 Å². The van der Waals surface area contributed by atoms with Crippen molar-refractivity contribution in [2.45, 2.75) is 32.1 Å². The Bertz CT molecular complexity index is 781. The van der Waals surface area contributed by atoms with Gasteiger partial charge in [-0.3, -0.25) is 24.4 Å². The molecule has 0 atom stereocenters. The average molecular weight is 329 g/mol. The molecule has 7 nitrogen and oxygen atoms in total. The van der Waals surface area contributed by atoms with Gasteiger partial charge < -0.3 is 4.74 Å². The Morgan fingerprint density at radius 3 is 2.54 bits per heavy atom. The maximum atomic E-state index is 12.0. The molecule has 7 heteroatoms. The van der Waals surface area contributed by atoms with Crippen molar-refractivity contribution in [2.75, 3.05) is 7.11 Å². The van der Waals surface area contributed by atoms with Gasteiger partial charge in [-0.2, -0.15) is 0 Å². The molecule has 1 aromatic heterocycles. The summed E-state index contributed by atoms with van der Waals surface area (Å²) in [6.45, 7) is 1.03.